The van der Waals surface area contributed by atoms with Gasteiger partial charge in [0.15, 0.2) is 0 Å². The van der Waals surface area contributed by atoms with Crippen LogP contribution >= 0.6 is 12.4 Å². The van der Waals surface area contributed by atoms with E-state index in [1.807, 2.05) is 36.4 Å². The fourth-order valence-corrected chi connectivity index (χ4v) is 0.625. The van der Waals surface area contributed by atoms with E-state index >= 15 is 0 Å². The molecule has 0 aromatic carbocycles. The van der Waals surface area contributed by atoms with Crippen LogP contribution in [-0.2, 0) is 17.1 Å². The maximum atomic E-state index is 3.78. The molecule has 1 radical (unpaired) electrons. The van der Waals surface area contributed by atoms with Crippen molar-refractivity contribution in [3.8, 4) is 0 Å². The van der Waals surface area contributed by atoms with Crippen LogP contribution in [0.25, 0.3) is 0 Å². The largest absolute Gasteiger partial charge is 0.265 e. The van der Waals surface area contributed by atoms with Gasteiger partial charge in [0.2, 0.25) is 0 Å². The van der Waals surface area contributed by atoms with E-state index in [9.17, 15) is 0 Å². The fraction of sp³-hybridized carbons (Fsp3) is 0. The maximum absolute atomic E-state index is 3.78. The van der Waals surface area contributed by atoms with E-state index in [0.29, 0.717) is 0 Å². The summed E-state index contributed by atoms with van der Waals surface area (Å²) in [5.41, 5.74) is 0. The molecule has 0 aliphatic carbocycles. The first-order valence-electron chi connectivity index (χ1n) is 3.70. The normalized spacial score (nSPS) is 6.86. The van der Waals surface area contributed by atoms with Crippen molar-refractivity contribution in [3.05, 3.63) is 61.2 Å². The molecule has 2 rings (SSSR count). The van der Waals surface area contributed by atoms with Crippen LogP contribution in [0.1, 0.15) is 0 Å². The van der Waals surface area contributed by atoms with Crippen molar-refractivity contribution in [1.29, 1.82) is 0 Å². The molecule has 0 amide bonds. The van der Waals surface area contributed by atoms with Gasteiger partial charge in [0.05, 0.1) is 0 Å². The number of hydrogen-bond donors (Lipinski definition) is 0. The number of nitrogens with zero attached hydrogens (tertiary/aromatic N) is 2. The zero-order valence-corrected chi connectivity index (χ0v) is 9.14. The first kappa shape index (κ1) is 15.6. The van der Waals surface area contributed by atoms with Gasteiger partial charge in [-0.05, 0) is 24.3 Å². The molecular formula is C10H11ClCuN2. The van der Waals surface area contributed by atoms with E-state index in [4.69, 9.17) is 0 Å². The fourth-order valence-electron chi connectivity index (χ4n) is 0.625. The Morgan fingerprint density at radius 2 is 0.786 bits per heavy atom. The molecule has 0 fully saturated rings. The second kappa shape index (κ2) is 12.1. The minimum absolute atomic E-state index is 0. The van der Waals surface area contributed by atoms with Gasteiger partial charge in [-0.1, -0.05) is 12.1 Å². The molecule has 14 heavy (non-hydrogen) atoms. The molecule has 0 atom stereocenters. The Kier molecular flexibility index (Phi) is 13.5. The van der Waals surface area contributed by atoms with Gasteiger partial charge in [-0.2, -0.15) is 0 Å². The second-order valence-electron chi connectivity index (χ2n) is 2.05. The summed E-state index contributed by atoms with van der Waals surface area (Å²) in [7, 11) is 0. The van der Waals surface area contributed by atoms with Gasteiger partial charge in [0.25, 0.3) is 0 Å². The molecule has 2 aromatic rings. The van der Waals surface area contributed by atoms with Gasteiger partial charge in [-0.25, -0.2) is 0 Å². The summed E-state index contributed by atoms with van der Waals surface area (Å²) in [6, 6.07) is 11.4. The smallest absolute Gasteiger partial charge is 0.0267 e. The summed E-state index contributed by atoms with van der Waals surface area (Å²) in [5.74, 6) is 0. The quantitative estimate of drug-likeness (QED) is 0.679. The summed E-state index contributed by atoms with van der Waals surface area (Å²) in [6.45, 7) is 0. The third-order valence-electron chi connectivity index (χ3n) is 1.13. The Labute approximate surface area is 101 Å². The molecule has 0 bridgehead atoms. The van der Waals surface area contributed by atoms with Crippen molar-refractivity contribution in [2.75, 3.05) is 0 Å². The van der Waals surface area contributed by atoms with E-state index < -0.39 is 0 Å². The van der Waals surface area contributed by atoms with E-state index in [0.717, 1.165) is 0 Å². The molecule has 79 valence electrons. The Morgan fingerprint density at radius 1 is 0.500 bits per heavy atom. The topological polar surface area (TPSA) is 25.8 Å². The average Bonchev–Trinajstić information content (AvgIpc) is 2.24. The molecule has 0 saturated carbocycles. The van der Waals surface area contributed by atoms with Crippen molar-refractivity contribution in [3.63, 3.8) is 0 Å². The zero-order chi connectivity index (χ0) is 8.49. The van der Waals surface area contributed by atoms with E-state index in [1.54, 1.807) is 24.8 Å². The van der Waals surface area contributed by atoms with E-state index in [1.165, 1.54) is 0 Å². The summed E-state index contributed by atoms with van der Waals surface area (Å²) in [5, 5.41) is 0. The van der Waals surface area contributed by atoms with Gasteiger partial charge in [-0.3, -0.25) is 9.97 Å². The van der Waals surface area contributed by atoms with Crippen molar-refractivity contribution < 1.29 is 17.1 Å². The Hall–Kier alpha value is -0.891. The van der Waals surface area contributed by atoms with Crippen LogP contribution in [0.2, 0.25) is 0 Å². The Balaban J connectivity index is 0. The number of rotatable bonds is 0. The van der Waals surface area contributed by atoms with Crippen LogP contribution < -0.4 is 0 Å². The Morgan fingerprint density at radius 3 is 0.857 bits per heavy atom. The van der Waals surface area contributed by atoms with Gasteiger partial charge in [0.1, 0.15) is 0 Å². The van der Waals surface area contributed by atoms with Crippen LogP contribution in [0.4, 0.5) is 0 Å². The van der Waals surface area contributed by atoms with Crippen LogP contribution in [0.3, 0.4) is 0 Å². The molecular weight excluding hydrogens is 247 g/mol. The molecule has 0 saturated heterocycles. The second-order valence-corrected chi connectivity index (χ2v) is 2.05. The van der Waals surface area contributed by atoms with Crippen molar-refractivity contribution in [2.24, 2.45) is 0 Å². The number of pyridine rings is 2. The average molecular weight is 258 g/mol. The van der Waals surface area contributed by atoms with Crippen LogP contribution in [0.5, 0.6) is 0 Å². The standard InChI is InChI=1S/2C5H5N.ClH.Cu/c2*1-2-4-6-5-3-1;;/h2*1-5H;1H;. The maximum Gasteiger partial charge on any atom is 0.0267 e. The van der Waals surface area contributed by atoms with Gasteiger partial charge < -0.3 is 0 Å². The minimum atomic E-state index is 0. The first-order valence-corrected chi connectivity index (χ1v) is 3.70. The molecule has 2 nitrogen and oxygen atoms in total. The summed E-state index contributed by atoms with van der Waals surface area (Å²) < 4.78 is 0. The summed E-state index contributed by atoms with van der Waals surface area (Å²) >= 11 is 0. The molecule has 2 aromatic heterocycles. The third-order valence-corrected chi connectivity index (χ3v) is 1.13. The molecule has 0 aliphatic rings. The van der Waals surface area contributed by atoms with Gasteiger partial charge in [0, 0.05) is 41.9 Å². The SMILES string of the molecule is Cl.[Cu].c1ccncc1.c1ccncc1. The monoisotopic (exact) mass is 257 g/mol. The van der Waals surface area contributed by atoms with Crippen LogP contribution in [0, 0.1) is 0 Å². The predicted molar refractivity (Wildman–Crippen MR) is 55.7 cm³/mol. The first-order chi connectivity index (χ1) is 6.00. The third kappa shape index (κ3) is 9.20. The summed E-state index contributed by atoms with van der Waals surface area (Å²) in [6.07, 6.45) is 7.00. The van der Waals surface area contributed by atoms with Crippen LogP contribution in [0.15, 0.2) is 61.2 Å². The molecule has 0 aliphatic heterocycles. The van der Waals surface area contributed by atoms with Gasteiger partial charge >= 0.3 is 0 Å². The molecule has 0 spiro atoms. The van der Waals surface area contributed by atoms with Crippen molar-refractivity contribution in [2.45, 2.75) is 0 Å². The Bertz CT molecular complexity index is 194. The van der Waals surface area contributed by atoms with Crippen molar-refractivity contribution in [1.82, 2.24) is 9.97 Å². The molecule has 2 heterocycles. The number of halogens is 1. The van der Waals surface area contributed by atoms with Gasteiger partial charge in [-0.15, -0.1) is 12.4 Å². The zero-order valence-electron chi connectivity index (χ0n) is 7.38. The predicted octanol–water partition coefficient (Wildman–Crippen LogP) is 2.58. The molecule has 0 N–H and O–H groups in total. The number of aromatic nitrogens is 2. The minimum Gasteiger partial charge on any atom is -0.265 e. The van der Waals surface area contributed by atoms with Crippen molar-refractivity contribution >= 4 is 12.4 Å². The van der Waals surface area contributed by atoms with E-state index in [2.05, 4.69) is 9.97 Å². The number of hydrogen-bond acceptors (Lipinski definition) is 2. The summed E-state index contributed by atoms with van der Waals surface area (Å²) in [4.78, 5) is 7.57. The van der Waals surface area contributed by atoms with Crippen LogP contribution in [-0.4, -0.2) is 9.97 Å². The molecule has 4 heteroatoms. The molecule has 0 unspecified atom stereocenters. The van der Waals surface area contributed by atoms with E-state index in [-0.39, 0.29) is 29.5 Å².